The Bertz CT molecular complexity index is 968. The highest BCUT2D eigenvalue weighted by Crippen LogP contribution is 2.30. The third-order valence-corrected chi connectivity index (χ3v) is 4.33. The lowest BCUT2D eigenvalue weighted by molar-refractivity contribution is -0.384. The number of aryl methyl sites for hydroxylation is 1. The van der Waals surface area contributed by atoms with E-state index in [0.29, 0.717) is 17.0 Å². The van der Waals surface area contributed by atoms with Gasteiger partial charge in [-0.25, -0.2) is 4.79 Å². The maximum atomic E-state index is 12.9. The molecule has 0 aromatic heterocycles. The van der Waals surface area contributed by atoms with Crippen molar-refractivity contribution in [2.75, 3.05) is 5.32 Å². The van der Waals surface area contributed by atoms with E-state index in [4.69, 9.17) is 0 Å². The second kappa shape index (κ2) is 7.28. The maximum Gasteiger partial charge on any atom is 0.319 e. The molecule has 27 heavy (non-hydrogen) atoms. The number of nitrogens with zero attached hydrogens (tertiary/aromatic N) is 1. The highest BCUT2D eigenvalue weighted by atomic mass is 16.6. The van der Waals surface area contributed by atoms with Crippen LogP contribution in [0.1, 0.15) is 24.1 Å². The van der Waals surface area contributed by atoms with Crippen LogP contribution in [0.3, 0.4) is 0 Å². The third-order valence-electron chi connectivity index (χ3n) is 4.33. The van der Waals surface area contributed by atoms with Gasteiger partial charge in [0.2, 0.25) is 0 Å². The van der Waals surface area contributed by atoms with Crippen molar-refractivity contribution in [1.82, 2.24) is 10.6 Å². The summed E-state index contributed by atoms with van der Waals surface area (Å²) in [4.78, 5) is 35.3. The molecule has 3 amide bonds. The van der Waals surface area contributed by atoms with Gasteiger partial charge in [0.15, 0.2) is 0 Å². The van der Waals surface area contributed by atoms with Crippen LogP contribution >= 0.6 is 0 Å². The van der Waals surface area contributed by atoms with E-state index in [1.54, 1.807) is 13.0 Å². The predicted octanol–water partition coefficient (Wildman–Crippen LogP) is 3.17. The summed E-state index contributed by atoms with van der Waals surface area (Å²) in [5.74, 6) is -0.450. The molecular formula is C19H18N4O4. The number of nitro benzene ring substituents is 1. The molecule has 0 saturated heterocycles. The standard InChI is InChI=1S/C19H18N4O4/c1-11-6-3-4-9-15(11)17-16(12(2)20-19(25)22-17)18(24)21-13-7-5-8-14(10-13)23(26)27/h3-10,17H,1-2H3,(H,21,24)(H2,20,22,25)/t17-/m1/s1. The van der Waals surface area contributed by atoms with Gasteiger partial charge in [-0.05, 0) is 31.0 Å². The Hall–Kier alpha value is -3.68. The number of allylic oxidation sites excluding steroid dienone is 1. The van der Waals surface area contributed by atoms with E-state index in [-0.39, 0.29) is 5.69 Å². The number of nitrogens with one attached hydrogen (secondary N) is 3. The molecule has 0 bridgehead atoms. The van der Waals surface area contributed by atoms with Gasteiger partial charge in [0, 0.05) is 23.5 Å². The lowest BCUT2D eigenvalue weighted by Gasteiger charge is -2.29. The molecule has 1 heterocycles. The topological polar surface area (TPSA) is 113 Å². The minimum Gasteiger partial charge on any atom is -0.327 e. The second-order valence-corrected chi connectivity index (χ2v) is 6.19. The number of urea groups is 1. The molecule has 2 aromatic rings. The summed E-state index contributed by atoms with van der Waals surface area (Å²) in [7, 11) is 0. The number of benzene rings is 2. The number of carbonyl (C=O) groups excluding carboxylic acids is 2. The Morgan fingerprint density at radius 3 is 2.59 bits per heavy atom. The molecule has 0 radical (unpaired) electrons. The van der Waals surface area contributed by atoms with Gasteiger partial charge in [0.05, 0.1) is 16.5 Å². The monoisotopic (exact) mass is 366 g/mol. The van der Waals surface area contributed by atoms with Gasteiger partial charge in [-0.1, -0.05) is 30.3 Å². The number of hydrogen-bond donors (Lipinski definition) is 3. The quantitative estimate of drug-likeness (QED) is 0.570. The molecule has 0 spiro atoms. The first kappa shape index (κ1) is 18.1. The van der Waals surface area contributed by atoms with E-state index in [1.807, 2.05) is 31.2 Å². The summed E-state index contributed by atoms with van der Waals surface area (Å²) in [6.07, 6.45) is 0. The molecule has 0 aliphatic carbocycles. The van der Waals surface area contributed by atoms with E-state index in [2.05, 4.69) is 16.0 Å². The first-order valence-electron chi connectivity index (χ1n) is 8.26. The van der Waals surface area contributed by atoms with Crippen molar-refractivity contribution in [2.24, 2.45) is 0 Å². The van der Waals surface area contributed by atoms with Crippen molar-refractivity contribution in [3.8, 4) is 0 Å². The van der Waals surface area contributed by atoms with Crippen LogP contribution in [0, 0.1) is 17.0 Å². The van der Waals surface area contributed by atoms with Crippen molar-refractivity contribution in [3.05, 3.63) is 81.0 Å². The van der Waals surface area contributed by atoms with Crippen LogP contribution in [-0.4, -0.2) is 16.9 Å². The number of nitro groups is 1. The molecule has 1 aliphatic rings. The molecule has 2 aromatic carbocycles. The molecule has 8 heteroatoms. The largest absolute Gasteiger partial charge is 0.327 e. The predicted molar refractivity (Wildman–Crippen MR) is 100 cm³/mol. The van der Waals surface area contributed by atoms with Crippen LogP contribution < -0.4 is 16.0 Å². The lowest BCUT2D eigenvalue weighted by Crippen LogP contribution is -2.46. The number of hydrogen-bond acceptors (Lipinski definition) is 4. The minimum atomic E-state index is -0.626. The molecule has 138 valence electrons. The number of rotatable bonds is 4. The van der Waals surface area contributed by atoms with Crippen LogP contribution in [0.15, 0.2) is 59.8 Å². The van der Waals surface area contributed by atoms with Crippen LogP contribution in [0.2, 0.25) is 0 Å². The number of carbonyl (C=O) groups is 2. The molecule has 0 unspecified atom stereocenters. The van der Waals surface area contributed by atoms with Gasteiger partial charge in [-0.2, -0.15) is 0 Å². The van der Waals surface area contributed by atoms with Crippen molar-refractivity contribution in [3.63, 3.8) is 0 Å². The Morgan fingerprint density at radius 1 is 1.15 bits per heavy atom. The lowest BCUT2D eigenvalue weighted by atomic mass is 9.92. The summed E-state index contributed by atoms with van der Waals surface area (Å²) < 4.78 is 0. The first-order chi connectivity index (χ1) is 12.9. The maximum absolute atomic E-state index is 12.9. The number of anilines is 1. The van der Waals surface area contributed by atoms with Gasteiger partial charge in [-0.15, -0.1) is 0 Å². The van der Waals surface area contributed by atoms with Crippen LogP contribution in [0.4, 0.5) is 16.2 Å². The molecule has 3 N–H and O–H groups in total. The minimum absolute atomic E-state index is 0.121. The Morgan fingerprint density at radius 2 is 1.89 bits per heavy atom. The van der Waals surface area contributed by atoms with Gasteiger partial charge in [0.25, 0.3) is 11.6 Å². The fourth-order valence-electron chi connectivity index (χ4n) is 3.03. The van der Waals surface area contributed by atoms with Crippen molar-refractivity contribution >= 4 is 23.3 Å². The normalized spacial score (nSPS) is 16.4. The molecule has 0 fully saturated rings. The average molecular weight is 366 g/mol. The molecule has 3 rings (SSSR count). The van der Waals surface area contributed by atoms with Gasteiger partial charge < -0.3 is 16.0 Å². The average Bonchev–Trinajstić information content (AvgIpc) is 2.61. The highest BCUT2D eigenvalue weighted by Gasteiger charge is 2.32. The Kier molecular flexibility index (Phi) is 4.89. The summed E-state index contributed by atoms with van der Waals surface area (Å²) in [5, 5.41) is 19.0. The van der Waals surface area contributed by atoms with Crippen LogP contribution in [0.25, 0.3) is 0 Å². The smallest absolute Gasteiger partial charge is 0.319 e. The fourth-order valence-corrected chi connectivity index (χ4v) is 3.03. The second-order valence-electron chi connectivity index (χ2n) is 6.19. The van der Waals surface area contributed by atoms with Crippen molar-refractivity contribution in [1.29, 1.82) is 0 Å². The van der Waals surface area contributed by atoms with Crippen molar-refractivity contribution in [2.45, 2.75) is 19.9 Å². The zero-order chi connectivity index (χ0) is 19.6. The Labute approximate surface area is 155 Å². The summed E-state index contributed by atoms with van der Waals surface area (Å²) >= 11 is 0. The van der Waals surface area contributed by atoms with Gasteiger partial charge in [0.1, 0.15) is 0 Å². The zero-order valence-corrected chi connectivity index (χ0v) is 14.8. The zero-order valence-electron chi connectivity index (χ0n) is 14.8. The number of non-ortho nitro benzene ring substituents is 1. The van der Waals surface area contributed by atoms with Crippen LogP contribution in [0.5, 0.6) is 0 Å². The molecule has 1 atom stereocenters. The van der Waals surface area contributed by atoms with Crippen LogP contribution in [-0.2, 0) is 4.79 Å². The highest BCUT2D eigenvalue weighted by molar-refractivity contribution is 6.07. The van der Waals surface area contributed by atoms with E-state index < -0.39 is 22.9 Å². The first-order valence-corrected chi connectivity index (χ1v) is 8.26. The SMILES string of the molecule is CC1=C(C(=O)Nc2cccc([N+](=O)[O-])c2)[C@@H](c2ccccc2C)NC(=O)N1. The molecule has 1 aliphatic heterocycles. The van der Waals surface area contributed by atoms with E-state index in [0.717, 1.165) is 11.1 Å². The van der Waals surface area contributed by atoms with Gasteiger partial charge in [-0.3, -0.25) is 14.9 Å². The molecule has 8 nitrogen and oxygen atoms in total. The van der Waals surface area contributed by atoms with Crippen molar-refractivity contribution < 1.29 is 14.5 Å². The summed E-state index contributed by atoms with van der Waals surface area (Å²) in [6.45, 7) is 3.54. The molecule has 0 saturated carbocycles. The summed E-state index contributed by atoms with van der Waals surface area (Å²) in [6, 6.07) is 12.1. The van der Waals surface area contributed by atoms with E-state index in [1.165, 1.54) is 18.2 Å². The van der Waals surface area contributed by atoms with E-state index in [9.17, 15) is 19.7 Å². The fraction of sp³-hybridized carbons (Fsp3) is 0.158. The Balaban J connectivity index is 1.96. The van der Waals surface area contributed by atoms with E-state index >= 15 is 0 Å². The summed E-state index contributed by atoms with van der Waals surface area (Å²) in [5.41, 5.74) is 2.68. The molecular weight excluding hydrogens is 348 g/mol. The van der Waals surface area contributed by atoms with Gasteiger partial charge >= 0.3 is 6.03 Å². The third kappa shape index (κ3) is 3.79. The number of amides is 3.